The van der Waals surface area contributed by atoms with Gasteiger partial charge in [0.25, 0.3) is 5.91 Å². The first-order valence-electron chi connectivity index (χ1n) is 12.3. The summed E-state index contributed by atoms with van der Waals surface area (Å²) < 4.78 is 5.51. The first kappa shape index (κ1) is 22.4. The van der Waals surface area contributed by atoms with Gasteiger partial charge in [-0.05, 0) is 73.2 Å². The Morgan fingerprint density at radius 2 is 1.94 bits per heavy atom. The number of fused-ring (bicyclic) bond motifs is 1. The quantitative estimate of drug-likeness (QED) is 0.520. The van der Waals surface area contributed by atoms with E-state index in [0.717, 1.165) is 75.0 Å². The standard InChI is InChI=1S/C29H31N3O2/c30-20-22-9-10-26-21-32(15-11-23(26)18-22)16-14-29(12-2-1-3-13-29)31-28(33)25-7-4-6-24(19-25)27-8-5-17-34-27/h4-10,17-19H,1-3,11-16,21H2,(H,31,33). The zero-order valence-electron chi connectivity index (χ0n) is 19.6. The van der Waals surface area contributed by atoms with Gasteiger partial charge in [0.1, 0.15) is 5.76 Å². The Balaban J connectivity index is 1.26. The van der Waals surface area contributed by atoms with Gasteiger partial charge in [-0.3, -0.25) is 9.69 Å². The molecule has 2 aliphatic rings. The van der Waals surface area contributed by atoms with Gasteiger partial charge in [0.15, 0.2) is 0 Å². The summed E-state index contributed by atoms with van der Waals surface area (Å²) in [5.74, 6) is 0.776. The highest BCUT2D eigenvalue weighted by atomic mass is 16.3. The number of hydrogen-bond donors (Lipinski definition) is 1. The fraction of sp³-hybridized carbons (Fsp3) is 0.379. The lowest BCUT2D eigenvalue weighted by Gasteiger charge is -2.40. The summed E-state index contributed by atoms with van der Waals surface area (Å²) >= 11 is 0. The minimum absolute atomic E-state index is 0.00308. The maximum Gasteiger partial charge on any atom is 0.251 e. The van der Waals surface area contributed by atoms with Gasteiger partial charge in [-0.25, -0.2) is 0 Å². The molecule has 0 bridgehead atoms. The lowest BCUT2D eigenvalue weighted by atomic mass is 9.78. The number of rotatable bonds is 6. The molecule has 5 nitrogen and oxygen atoms in total. The molecule has 34 heavy (non-hydrogen) atoms. The number of benzene rings is 2. The molecule has 2 heterocycles. The summed E-state index contributed by atoms with van der Waals surface area (Å²) in [5, 5.41) is 12.6. The molecule has 0 atom stereocenters. The molecule has 1 N–H and O–H groups in total. The molecule has 0 saturated heterocycles. The fourth-order valence-corrected chi connectivity index (χ4v) is 5.48. The molecule has 1 aliphatic carbocycles. The van der Waals surface area contributed by atoms with Crippen molar-refractivity contribution in [1.82, 2.24) is 10.2 Å². The van der Waals surface area contributed by atoms with Crippen LogP contribution in [0.4, 0.5) is 0 Å². The molecule has 174 valence electrons. The molecule has 0 spiro atoms. The van der Waals surface area contributed by atoms with E-state index >= 15 is 0 Å². The van der Waals surface area contributed by atoms with E-state index < -0.39 is 0 Å². The molecule has 1 amide bonds. The number of nitriles is 1. The lowest BCUT2D eigenvalue weighted by molar-refractivity contribution is 0.0840. The maximum absolute atomic E-state index is 13.3. The van der Waals surface area contributed by atoms with Crippen LogP contribution in [0.5, 0.6) is 0 Å². The summed E-state index contributed by atoms with van der Waals surface area (Å²) in [4.78, 5) is 15.8. The first-order chi connectivity index (χ1) is 16.6. The van der Waals surface area contributed by atoms with Gasteiger partial charge >= 0.3 is 0 Å². The van der Waals surface area contributed by atoms with Crippen molar-refractivity contribution in [2.75, 3.05) is 13.1 Å². The Morgan fingerprint density at radius 3 is 2.74 bits per heavy atom. The normalized spacial score (nSPS) is 17.5. The molecule has 0 radical (unpaired) electrons. The van der Waals surface area contributed by atoms with Crippen molar-refractivity contribution in [3.8, 4) is 17.4 Å². The van der Waals surface area contributed by atoms with Crippen molar-refractivity contribution in [1.29, 1.82) is 5.26 Å². The van der Waals surface area contributed by atoms with Gasteiger partial charge in [0, 0.05) is 36.3 Å². The van der Waals surface area contributed by atoms with Crippen molar-refractivity contribution in [3.05, 3.63) is 83.1 Å². The number of amides is 1. The van der Waals surface area contributed by atoms with Crippen LogP contribution in [0.2, 0.25) is 0 Å². The first-order valence-corrected chi connectivity index (χ1v) is 12.3. The van der Waals surface area contributed by atoms with E-state index in [2.05, 4.69) is 22.4 Å². The highest BCUT2D eigenvalue weighted by molar-refractivity contribution is 5.95. The Hall–Kier alpha value is -3.36. The second-order valence-corrected chi connectivity index (χ2v) is 9.72. The molecule has 0 unspecified atom stereocenters. The Morgan fingerprint density at radius 1 is 1.06 bits per heavy atom. The van der Waals surface area contributed by atoms with E-state index in [1.54, 1.807) is 6.26 Å². The highest BCUT2D eigenvalue weighted by Gasteiger charge is 2.34. The molecule has 1 aromatic heterocycles. The monoisotopic (exact) mass is 453 g/mol. The zero-order chi connectivity index (χ0) is 23.4. The van der Waals surface area contributed by atoms with E-state index in [1.165, 1.54) is 17.5 Å². The highest BCUT2D eigenvalue weighted by Crippen LogP contribution is 2.33. The molecular weight excluding hydrogens is 422 g/mol. The Labute approximate surface area is 201 Å². The maximum atomic E-state index is 13.3. The fourth-order valence-electron chi connectivity index (χ4n) is 5.48. The van der Waals surface area contributed by atoms with Gasteiger partial charge in [0.2, 0.25) is 0 Å². The summed E-state index contributed by atoms with van der Waals surface area (Å²) in [7, 11) is 0. The zero-order valence-corrected chi connectivity index (χ0v) is 19.6. The average molecular weight is 454 g/mol. The predicted molar refractivity (Wildman–Crippen MR) is 132 cm³/mol. The SMILES string of the molecule is N#Cc1ccc2c(c1)CCN(CCC1(NC(=O)c3cccc(-c4ccco4)c3)CCCCC1)C2. The predicted octanol–water partition coefficient (Wildman–Crippen LogP) is 5.70. The average Bonchev–Trinajstić information content (AvgIpc) is 3.43. The van der Waals surface area contributed by atoms with Crippen LogP contribution in [0.15, 0.2) is 65.3 Å². The summed E-state index contributed by atoms with van der Waals surface area (Å²) in [6, 6.07) is 19.8. The van der Waals surface area contributed by atoms with Crippen LogP contribution in [0.3, 0.4) is 0 Å². The van der Waals surface area contributed by atoms with Crippen molar-refractivity contribution >= 4 is 5.91 Å². The topological polar surface area (TPSA) is 69.3 Å². The molecule has 5 heteroatoms. The van der Waals surface area contributed by atoms with Gasteiger partial charge in [-0.15, -0.1) is 0 Å². The third kappa shape index (κ3) is 4.93. The minimum atomic E-state index is -0.152. The van der Waals surface area contributed by atoms with E-state index in [1.807, 2.05) is 48.5 Å². The smallest absolute Gasteiger partial charge is 0.251 e. The van der Waals surface area contributed by atoms with Crippen LogP contribution in [-0.2, 0) is 13.0 Å². The number of hydrogen-bond acceptors (Lipinski definition) is 4. The summed E-state index contributed by atoms with van der Waals surface area (Å²) in [6.45, 7) is 2.87. The molecule has 2 aromatic carbocycles. The van der Waals surface area contributed by atoms with Gasteiger partial charge < -0.3 is 9.73 Å². The third-order valence-corrected chi connectivity index (χ3v) is 7.45. The van der Waals surface area contributed by atoms with Crippen molar-refractivity contribution in [2.45, 2.75) is 57.0 Å². The molecule has 5 rings (SSSR count). The molecule has 1 saturated carbocycles. The largest absolute Gasteiger partial charge is 0.464 e. The molecule has 1 aliphatic heterocycles. The van der Waals surface area contributed by atoms with Crippen LogP contribution in [-0.4, -0.2) is 29.4 Å². The molecule has 1 fully saturated rings. The van der Waals surface area contributed by atoms with Gasteiger partial charge in [0.05, 0.1) is 17.9 Å². The number of carbonyl (C=O) groups is 1. The van der Waals surface area contributed by atoms with E-state index in [0.29, 0.717) is 5.56 Å². The lowest BCUT2D eigenvalue weighted by Crippen LogP contribution is -2.51. The van der Waals surface area contributed by atoms with Crippen LogP contribution in [0.25, 0.3) is 11.3 Å². The van der Waals surface area contributed by atoms with Crippen LogP contribution >= 0.6 is 0 Å². The van der Waals surface area contributed by atoms with Crippen molar-refractivity contribution in [2.24, 2.45) is 0 Å². The number of carbonyl (C=O) groups excluding carboxylic acids is 1. The van der Waals surface area contributed by atoms with E-state index in [-0.39, 0.29) is 11.4 Å². The van der Waals surface area contributed by atoms with Gasteiger partial charge in [-0.1, -0.05) is 37.5 Å². The number of nitrogens with one attached hydrogen (secondary N) is 1. The minimum Gasteiger partial charge on any atom is -0.464 e. The van der Waals surface area contributed by atoms with Crippen molar-refractivity contribution in [3.63, 3.8) is 0 Å². The van der Waals surface area contributed by atoms with Crippen molar-refractivity contribution < 1.29 is 9.21 Å². The number of nitrogens with zero attached hydrogens (tertiary/aromatic N) is 2. The second kappa shape index (κ2) is 9.87. The third-order valence-electron chi connectivity index (χ3n) is 7.45. The summed E-state index contributed by atoms with van der Waals surface area (Å²) in [5.41, 5.74) is 4.81. The Kier molecular flexibility index (Phi) is 6.51. The Bertz CT molecular complexity index is 1190. The van der Waals surface area contributed by atoms with Crippen LogP contribution < -0.4 is 5.32 Å². The molecular formula is C29H31N3O2. The van der Waals surface area contributed by atoms with Gasteiger partial charge in [-0.2, -0.15) is 5.26 Å². The molecule has 3 aromatic rings. The summed E-state index contributed by atoms with van der Waals surface area (Å²) in [6.07, 6.45) is 9.22. The number of furan rings is 1. The van der Waals surface area contributed by atoms with E-state index in [4.69, 9.17) is 9.68 Å². The van der Waals surface area contributed by atoms with Crippen LogP contribution in [0.1, 0.15) is 65.6 Å². The second-order valence-electron chi connectivity index (χ2n) is 9.72. The van der Waals surface area contributed by atoms with E-state index in [9.17, 15) is 4.79 Å². The van der Waals surface area contributed by atoms with Crippen LogP contribution in [0, 0.1) is 11.3 Å².